The predicted molar refractivity (Wildman–Crippen MR) is 92.4 cm³/mol. The molecule has 1 aromatic carbocycles. The van der Waals surface area contributed by atoms with Crippen LogP contribution < -0.4 is 15.4 Å². The molecule has 8 heteroatoms. The van der Waals surface area contributed by atoms with Gasteiger partial charge in [0.1, 0.15) is 5.75 Å². The number of ether oxygens (including phenoxy) is 1. The summed E-state index contributed by atoms with van der Waals surface area (Å²) in [6.45, 7) is 0.894. The number of aliphatic hydroxyl groups excluding tert-OH is 1. The second-order valence-electron chi connectivity index (χ2n) is 5.65. The maximum absolute atomic E-state index is 12.1. The van der Waals surface area contributed by atoms with E-state index < -0.39 is 12.1 Å². The third kappa shape index (κ3) is 5.25. The van der Waals surface area contributed by atoms with E-state index in [4.69, 9.17) is 4.74 Å². The van der Waals surface area contributed by atoms with Crippen LogP contribution in [0.15, 0.2) is 36.7 Å². The van der Waals surface area contributed by atoms with Gasteiger partial charge in [-0.25, -0.2) is 4.79 Å². The molecule has 0 saturated heterocycles. The molecule has 0 aliphatic carbocycles. The van der Waals surface area contributed by atoms with E-state index in [2.05, 4.69) is 15.7 Å². The van der Waals surface area contributed by atoms with Crippen LogP contribution in [0.4, 0.5) is 16.2 Å². The summed E-state index contributed by atoms with van der Waals surface area (Å²) < 4.78 is 6.78. The number of para-hydroxylation sites is 2. The molecule has 24 heavy (non-hydrogen) atoms. The fourth-order valence-electron chi connectivity index (χ4n) is 2.26. The Balaban J connectivity index is 1.91. The van der Waals surface area contributed by atoms with Crippen molar-refractivity contribution in [1.82, 2.24) is 14.7 Å². The quantitative estimate of drug-likeness (QED) is 0.713. The number of aliphatic hydroxyl groups is 1. The molecule has 0 saturated carbocycles. The number of aromatic nitrogens is 2. The molecule has 1 aromatic heterocycles. The number of benzene rings is 1. The summed E-state index contributed by atoms with van der Waals surface area (Å²) in [5.41, 5.74) is 1.12. The first-order valence-corrected chi connectivity index (χ1v) is 7.54. The van der Waals surface area contributed by atoms with Gasteiger partial charge >= 0.3 is 6.03 Å². The lowest BCUT2D eigenvalue weighted by Gasteiger charge is -2.15. The summed E-state index contributed by atoms with van der Waals surface area (Å²) in [5, 5.41) is 19.4. The number of urea groups is 1. The van der Waals surface area contributed by atoms with Crippen molar-refractivity contribution in [1.29, 1.82) is 0 Å². The zero-order valence-corrected chi connectivity index (χ0v) is 14.1. The molecule has 0 unspecified atom stereocenters. The van der Waals surface area contributed by atoms with Gasteiger partial charge in [-0.15, -0.1) is 0 Å². The SMILES string of the molecule is COc1ccccc1NC(=O)Nc1cnn(C[C@H](O)CN(C)C)c1. The van der Waals surface area contributed by atoms with E-state index in [9.17, 15) is 9.90 Å². The third-order valence-electron chi connectivity index (χ3n) is 3.22. The standard InChI is InChI=1S/C16H23N5O3/c1-20(2)10-13(22)11-21-9-12(8-17-21)18-16(23)19-14-6-4-5-7-15(14)24-3/h4-9,13,22H,10-11H2,1-3H3,(H2,18,19,23)/t13-/m1/s1. The molecule has 0 spiro atoms. The molecular weight excluding hydrogens is 310 g/mol. The molecule has 8 nitrogen and oxygen atoms in total. The number of rotatable bonds is 7. The molecule has 0 aliphatic heterocycles. The van der Waals surface area contributed by atoms with Crippen LogP contribution in [0.25, 0.3) is 0 Å². The van der Waals surface area contributed by atoms with Gasteiger partial charge in [-0.3, -0.25) is 4.68 Å². The minimum atomic E-state index is -0.532. The van der Waals surface area contributed by atoms with Gasteiger partial charge in [0.25, 0.3) is 0 Å². The molecular formula is C16H23N5O3. The maximum Gasteiger partial charge on any atom is 0.323 e. The molecule has 1 atom stereocenters. The Morgan fingerprint density at radius 1 is 1.38 bits per heavy atom. The molecule has 0 radical (unpaired) electrons. The highest BCUT2D eigenvalue weighted by Crippen LogP contribution is 2.23. The molecule has 2 amide bonds. The molecule has 0 bridgehead atoms. The fraction of sp³-hybridized carbons (Fsp3) is 0.375. The van der Waals surface area contributed by atoms with Crippen LogP contribution >= 0.6 is 0 Å². The van der Waals surface area contributed by atoms with Gasteiger partial charge in [-0.2, -0.15) is 5.10 Å². The van der Waals surface area contributed by atoms with Crippen LogP contribution in [0, 0.1) is 0 Å². The van der Waals surface area contributed by atoms with E-state index in [1.54, 1.807) is 30.1 Å². The number of carbonyl (C=O) groups excluding carboxylic acids is 1. The lowest BCUT2D eigenvalue weighted by atomic mass is 10.3. The summed E-state index contributed by atoms with van der Waals surface area (Å²) >= 11 is 0. The van der Waals surface area contributed by atoms with Crippen molar-refractivity contribution in [2.45, 2.75) is 12.6 Å². The van der Waals surface area contributed by atoms with Crippen molar-refractivity contribution in [3.05, 3.63) is 36.7 Å². The van der Waals surface area contributed by atoms with Gasteiger partial charge in [0.15, 0.2) is 0 Å². The van der Waals surface area contributed by atoms with Crippen molar-refractivity contribution in [2.75, 3.05) is 38.4 Å². The topological polar surface area (TPSA) is 91.7 Å². The second-order valence-corrected chi connectivity index (χ2v) is 5.65. The molecule has 2 rings (SSSR count). The Kier molecular flexibility index (Phi) is 6.16. The molecule has 3 N–H and O–H groups in total. The number of amides is 2. The highest BCUT2D eigenvalue weighted by Gasteiger charge is 2.10. The first-order valence-electron chi connectivity index (χ1n) is 7.54. The van der Waals surface area contributed by atoms with E-state index in [0.29, 0.717) is 30.2 Å². The van der Waals surface area contributed by atoms with Gasteiger partial charge in [-0.05, 0) is 26.2 Å². The Labute approximate surface area is 141 Å². The molecule has 1 heterocycles. The lowest BCUT2D eigenvalue weighted by Crippen LogP contribution is -2.29. The number of carbonyl (C=O) groups is 1. The molecule has 0 fully saturated rings. The monoisotopic (exact) mass is 333 g/mol. The van der Waals surface area contributed by atoms with E-state index in [-0.39, 0.29) is 0 Å². The van der Waals surface area contributed by atoms with Crippen LogP contribution in [0.3, 0.4) is 0 Å². The van der Waals surface area contributed by atoms with Crippen LogP contribution in [0.2, 0.25) is 0 Å². The van der Waals surface area contributed by atoms with Gasteiger partial charge in [0.2, 0.25) is 0 Å². The maximum atomic E-state index is 12.1. The number of nitrogens with one attached hydrogen (secondary N) is 2. The first kappa shape index (κ1) is 17.8. The Morgan fingerprint density at radius 2 is 2.12 bits per heavy atom. The molecule has 130 valence electrons. The zero-order valence-electron chi connectivity index (χ0n) is 14.1. The van der Waals surface area contributed by atoms with Crippen molar-refractivity contribution >= 4 is 17.4 Å². The summed E-state index contributed by atoms with van der Waals surface area (Å²) in [6.07, 6.45) is 2.67. The van der Waals surface area contributed by atoms with E-state index in [1.807, 2.05) is 31.1 Å². The minimum Gasteiger partial charge on any atom is -0.495 e. The lowest BCUT2D eigenvalue weighted by molar-refractivity contribution is 0.116. The number of nitrogens with zero attached hydrogens (tertiary/aromatic N) is 3. The van der Waals surface area contributed by atoms with Crippen LogP contribution in [-0.4, -0.2) is 59.7 Å². The Morgan fingerprint density at radius 3 is 2.83 bits per heavy atom. The second kappa shape index (κ2) is 8.32. The summed E-state index contributed by atoms with van der Waals surface area (Å²) in [4.78, 5) is 14.0. The van der Waals surface area contributed by atoms with E-state index in [0.717, 1.165) is 0 Å². The van der Waals surface area contributed by atoms with Gasteiger partial charge in [-0.1, -0.05) is 12.1 Å². The summed E-state index contributed by atoms with van der Waals surface area (Å²) in [6, 6.07) is 6.75. The van der Waals surface area contributed by atoms with E-state index >= 15 is 0 Å². The average Bonchev–Trinajstić information content (AvgIpc) is 2.93. The van der Waals surface area contributed by atoms with Crippen molar-refractivity contribution in [2.24, 2.45) is 0 Å². The number of hydrogen-bond donors (Lipinski definition) is 3. The normalized spacial score (nSPS) is 12.0. The highest BCUT2D eigenvalue weighted by molar-refractivity contribution is 6.00. The van der Waals surface area contributed by atoms with Gasteiger partial charge in [0.05, 0.1) is 37.3 Å². The van der Waals surface area contributed by atoms with Crippen LogP contribution in [0.5, 0.6) is 5.75 Å². The number of methoxy groups -OCH3 is 1. The Bertz CT molecular complexity index is 671. The summed E-state index contributed by atoms with van der Waals surface area (Å²) in [7, 11) is 5.32. The van der Waals surface area contributed by atoms with Crippen molar-refractivity contribution in [3.63, 3.8) is 0 Å². The third-order valence-corrected chi connectivity index (χ3v) is 3.22. The van der Waals surface area contributed by atoms with Gasteiger partial charge in [0, 0.05) is 12.7 Å². The van der Waals surface area contributed by atoms with Gasteiger partial charge < -0.3 is 25.4 Å². The number of hydrogen-bond acceptors (Lipinski definition) is 5. The minimum absolute atomic E-state index is 0.355. The van der Waals surface area contributed by atoms with Crippen LogP contribution in [0.1, 0.15) is 0 Å². The number of anilines is 2. The molecule has 0 aliphatic rings. The highest BCUT2D eigenvalue weighted by atomic mass is 16.5. The van der Waals surface area contributed by atoms with Crippen LogP contribution in [-0.2, 0) is 6.54 Å². The predicted octanol–water partition coefficient (Wildman–Crippen LogP) is 1.46. The Hall–Kier alpha value is -2.58. The van der Waals surface area contributed by atoms with Crippen molar-refractivity contribution in [3.8, 4) is 5.75 Å². The largest absolute Gasteiger partial charge is 0.495 e. The summed E-state index contributed by atoms with van der Waals surface area (Å²) in [5.74, 6) is 0.579. The molecule has 2 aromatic rings. The van der Waals surface area contributed by atoms with Crippen molar-refractivity contribution < 1.29 is 14.6 Å². The average molecular weight is 333 g/mol. The zero-order chi connectivity index (χ0) is 17.5. The smallest absolute Gasteiger partial charge is 0.323 e. The number of likely N-dealkylation sites (N-methyl/N-ethyl adjacent to an activating group) is 1. The van der Waals surface area contributed by atoms with E-state index in [1.165, 1.54) is 6.20 Å². The fourth-order valence-corrected chi connectivity index (χ4v) is 2.26. The first-order chi connectivity index (χ1) is 11.5.